The highest BCUT2D eigenvalue weighted by Crippen LogP contribution is 2.49. The van der Waals surface area contributed by atoms with Crippen molar-refractivity contribution in [3.8, 4) is 16.9 Å². The molecule has 250 valence electrons. The van der Waals surface area contributed by atoms with E-state index in [1.165, 1.54) is 19.2 Å². The van der Waals surface area contributed by atoms with Crippen molar-refractivity contribution in [1.29, 1.82) is 0 Å². The van der Waals surface area contributed by atoms with Gasteiger partial charge in [0.15, 0.2) is 0 Å². The van der Waals surface area contributed by atoms with Crippen LogP contribution in [0, 0.1) is 23.6 Å². The van der Waals surface area contributed by atoms with Crippen molar-refractivity contribution in [2.75, 3.05) is 12.4 Å². The molecule has 10 nitrogen and oxygen atoms in total. The van der Waals surface area contributed by atoms with E-state index in [9.17, 15) is 36.0 Å². The van der Waals surface area contributed by atoms with Crippen LogP contribution in [-0.4, -0.2) is 56.0 Å². The summed E-state index contributed by atoms with van der Waals surface area (Å²) in [4.78, 5) is 37.2. The smallest absolute Gasteiger partial charge is 0.496 e. The zero-order valence-electron chi connectivity index (χ0n) is 24.9. The monoisotopic (exact) mass is 677 g/mol. The molecule has 2 saturated carbocycles. The molecule has 2 aliphatic rings. The molecule has 5 atom stereocenters. The van der Waals surface area contributed by atoms with Gasteiger partial charge < -0.3 is 26.2 Å². The Kier molecular flexibility index (Phi) is 9.33. The zero-order chi connectivity index (χ0) is 34.3. The van der Waals surface area contributed by atoms with Gasteiger partial charge in [-0.15, -0.1) is 0 Å². The lowest BCUT2D eigenvalue weighted by Gasteiger charge is -2.31. The fourth-order valence-corrected chi connectivity index (χ4v) is 7.30. The first kappa shape index (κ1) is 33.9. The number of carboxylic acids is 1. The first-order valence-electron chi connectivity index (χ1n) is 14.6. The lowest BCUT2D eigenvalue weighted by molar-refractivity contribution is -0.138. The topological polar surface area (TPSA) is 165 Å². The maximum atomic E-state index is 15.2. The molecule has 0 aliphatic heterocycles. The Labute approximate surface area is 267 Å². The summed E-state index contributed by atoms with van der Waals surface area (Å²) < 4.78 is 83.5. The quantitative estimate of drug-likeness (QED) is 0.227. The number of alkyl halides is 3. The van der Waals surface area contributed by atoms with E-state index in [2.05, 4.69) is 10.6 Å². The highest BCUT2D eigenvalue weighted by Gasteiger charge is 2.52. The third-order valence-electron chi connectivity index (χ3n) is 8.81. The minimum atomic E-state index is -5.64. The number of hydrogen-bond acceptors (Lipinski definition) is 7. The standard InChI is InChI=1S/C32H31F4N3O7S/c1-46-26-15-24(33)22(17-7-5-16(6-8-17)11-25(37)31(42)43)14-23(26)29(40)39-28-19-10-9-18(12-19)27(28)30(41)38-20-3-2-4-21(13-20)47(44,45)32(34,35)36/h2-8,13-15,18-19,25,27-28H,9-12,37H2,1H3,(H,38,41)(H,39,40)(H,42,43). The number of aliphatic carboxylic acids is 1. The number of amides is 2. The van der Waals surface area contributed by atoms with Crippen LogP contribution in [0.4, 0.5) is 23.2 Å². The van der Waals surface area contributed by atoms with Gasteiger partial charge in [0.05, 0.1) is 23.5 Å². The zero-order valence-corrected chi connectivity index (χ0v) is 25.7. The number of halogens is 4. The van der Waals surface area contributed by atoms with Crippen LogP contribution in [0.3, 0.4) is 0 Å². The highest BCUT2D eigenvalue weighted by molar-refractivity contribution is 7.92. The molecule has 2 amide bonds. The minimum Gasteiger partial charge on any atom is -0.496 e. The number of carboxylic acid groups (broad SMARTS) is 1. The van der Waals surface area contributed by atoms with Crippen molar-refractivity contribution in [2.45, 2.75) is 48.2 Å². The van der Waals surface area contributed by atoms with Gasteiger partial charge >= 0.3 is 11.5 Å². The summed E-state index contributed by atoms with van der Waals surface area (Å²) in [5.41, 5.74) is 1.02. The van der Waals surface area contributed by atoms with Crippen LogP contribution in [0.25, 0.3) is 11.1 Å². The minimum absolute atomic E-state index is 0.00661. The number of anilines is 1. The van der Waals surface area contributed by atoms with E-state index in [1.54, 1.807) is 24.3 Å². The fourth-order valence-electron chi connectivity index (χ4n) is 6.49. The van der Waals surface area contributed by atoms with Crippen LogP contribution < -0.4 is 21.1 Å². The lowest BCUT2D eigenvalue weighted by atomic mass is 9.83. The second-order valence-electron chi connectivity index (χ2n) is 11.7. The third-order valence-corrected chi connectivity index (χ3v) is 10.3. The number of nitrogens with two attached hydrogens (primary N) is 1. The van der Waals surface area contributed by atoms with Gasteiger partial charge in [0, 0.05) is 23.4 Å². The molecule has 2 bridgehead atoms. The maximum absolute atomic E-state index is 15.2. The predicted molar refractivity (Wildman–Crippen MR) is 162 cm³/mol. The van der Waals surface area contributed by atoms with E-state index in [0.717, 1.165) is 30.7 Å². The highest BCUT2D eigenvalue weighted by atomic mass is 32.2. The number of fused-ring (bicyclic) bond motifs is 2. The second kappa shape index (κ2) is 13.0. The molecule has 0 heterocycles. The molecular formula is C32H31F4N3O7S. The number of sulfone groups is 1. The number of benzene rings is 3. The Hall–Kier alpha value is -4.50. The fraction of sp³-hybridized carbons (Fsp3) is 0.344. The van der Waals surface area contributed by atoms with Crippen LogP contribution in [-0.2, 0) is 25.8 Å². The molecule has 0 aromatic heterocycles. The molecule has 0 saturated heterocycles. The number of methoxy groups -OCH3 is 1. The number of rotatable bonds is 10. The van der Waals surface area contributed by atoms with Crippen molar-refractivity contribution in [1.82, 2.24) is 5.32 Å². The number of nitrogens with one attached hydrogen (secondary N) is 2. The van der Waals surface area contributed by atoms with Gasteiger partial charge in [0.2, 0.25) is 5.91 Å². The first-order valence-corrected chi connectivity index (χ1v) is 16.1. The molecule has 15 heteroatoms. The van der Waals surface area contributed by atoms with Crippen LogP contribution in [0.5, 0.6) is 5.75 Å². The Morgan fingerprint density at radius 2 is 1.72 bits per heavy atom. The molecule has 3 aromatic rings. The number of hydrogen-bond donors (Lipinski definition) is 4. The molecule has 3 aromatic carbocycles. The van der Waals surface area contributed by atoms with E-state index in [0.29, 0.717) is 24.0 Å². The van der Waals surface area contributed by atoms with Gasteiger partial charge in [-0.05, 0) is 72.9 Å². The molecular weight excluding hydrogens is 646 g/mol. The number of carbonyl (C=O) groups excluding carboxylic acids is 2. The molecule has 2 fully saturated rings. The van der Waals surface area contributed by atoms with Gasteiger partial charge in [-0.3, -0.25) is 14.4 Å². The van der Waals surface area contributed by atoms with Gasteiger partial charge in [-0.25, -0.2) is 12.8 Å². The first-order chi connectivity index (χ1) is 22.1. The third kappa shape index (κ3) is 6.81. The van der Waals surface area contributed by atoms with Gasteiger partial charge in [-0.2, -0.15) is 13.2 Å². The summed E-state index contributed by atoms with van der Waals surface area (Å²) in [7, 11) is -4.37. The SMILES string of the molecule is COc1cc(F)c(-c2ccc(CC(N)C(=O)O)cc2)cc1C(=O)NC1C2CCC(C2)C1C(=O)Nc1cccc(S(=O)(=O)C(F)(F)F)c1. The molecule has 47 heavy (non-hydrogen) atoms. The molecule has 0 spiro atoms. The molecule has 0 radical (unpaired) electrons. The molecule has 5 rings (SSSR count). The van der Waals surface area contributed by atoms with E-state index < -0.39 is 61.8 Å². The number of ether oxygens (including phenoxy) is 1. The van der Waals surface area contributed by atoms with Crippen LogP contribution in [0.15, 0.2) is 65.6 Å². The van der Waals surface area contributed by atoms with Gasteiger partial charge in [-0.1, -0.05) is 30.3 Å². The van der Waals surface area contributed by atoms with Crippen molar-refractivity contribution < 1.29 is 50.2 Å². The van der Waals surface area contributed by atoms with Crippen molar-refractivity contribution in [2.24, 2.45) is 23.5 Å². The normalized spacial score (nSPS) is 21.2. The lowest BCUT2D eigenvalue weighted by Crippen LogP contribution is -2.48. The van der Waals surface area contributed by atoms with Crippen molar-refractivity contribution in [3.05, 3.63) is 77.6 Å². The summed E-state index contributed by atoms with van der Waals surface area (Å²) >= 11 is 0. The van der Waals surface area contributed by atoms with Gasteiger partial charge in [0.25, 0.3) is 15.7 Å². The summed E-state index contributed by atoms with van der Waals surface area (Å²) in [6, 6.07) is 10.8. The predicted octanol–water partition coefficient (Wildman–Crippen LogP) is 4.53. The Balaban J connectivity index is 1.37. The van der Waals surface area contributed by atoms with Crippen LogP contribution in [0.1, 0.15) is 35.2 Å². The van der Waals surface area contributed by atoms with Crippen molar-refractivity contribution in [3.63, 3.8) is 0 Å². The van der Waals surface area contributed by atoms with E-state index >= 15 is 4.39 Å². The van der Waals surface area contributed by atoms with Crippen LogP contribution >= 0.6 is 0 Å². The molecule has 5 unspecified atom stereocenters. The Bertz CT molecular complexity index is 1820. The van der Waals surface area contributed by atoms with Crippen molar-refractivity contribution >= 4 is 33.3 Å². The second-order valence-corrected chi connectivity index (χ2v) is 13.6. The average Bonchev–Trinajstić information content (AvgIpc) is 3.63. The Morgan fingerprint density at radius 1 is 1.04 bits per heavy atom. The summed E-state index contributed by atoms with van der Waals surface area (Å²) in [6.45, 7) is 0. The van der Waals surface area contributed by atoms with E-state index in [4.69, 9.17) is 15.6 Å². The maximum Gasteiger partial charge on any atom is 0.501 e. The largest absolute Gasteiger partial charge is 0.501 e. The van der Waals surface area contributed by atoms with E-state index in [-0.39, 0.29) is 40.8 Å². The summed E-state index contributed by atoms with van der Waals surface area (Å²) in [5.74, 6) is -4.10. The molecule has 5 N–H and O–H groups in total. The Morgan fingerprint density at radius 3 is 2.36 bits per heavy atom. The average molecular weight is 678 g/mol. The van der Waals surface area contributed by atoms with E-state index in [1.807, 2.05) is 0 Å². The molecule has 2 aliphatic carbocycles. The van der Waals surface area contributed by atoms with Gasteiger partial charge in [0.1, 0.15) is 17.6 Å². The number of carbonyl (C=O) groups is 3. The van der Waals surface area contributed by atoms with Crippen LogP contribution in [0.2, 0.25) is 0 Å². The summed E-state index contributed by atoms with van der Waals surface area (Å²) in [5, 5.41) is 14.5. The summed E-state index contributed by atoms with van der Waals surface area (Å²) in [6.07, 6.45) is 2.09.